The highest BCUT2D eigenvalue weighted by atomic mass is 35.5. The van der Waals surface area contributed by atoms with Crippen molar-refractivity contribution in [3.8, 4) is 17.2 Å². The van der Waals surface area contributed by atoms with E-state index in [1.807, 2.05) is 25.1 Å². The Bertz CT molecular complexity index is 862. The van der Waals surface area contributed by atoms with Gasteiger partial charge in [-0.3, -0.25) is 4.79 Å². The van der Waals surface area contributed by atoms with Gasteiger partial charge in [0.15, 0.2) is 11.5 Å². The molecule has 0 aliphatic carbocycles. The van der Waals surface area contributed by atoms with Gasteiger partial charge in [0.1, 0.15) is 5.75 Å². The van der Waals surface area contributed by atoms with Crippen LogP contribution in [0.2, 0.25) is 5.02 Å². The lowest BCUT2D eigenvalue weighted by Gasteiger charge is -2.13. The van der Waals surface area contributed by atoms with Gasteiger partial charge in [-0.05, 0) is 48.2 Å². The molecule has 0 spiro atoms. The Hall–Kier alpha value is -2.66. The van der Waals surface area contributed by atoms with Gasteiger partial charge >= 0.3 is 0 Å². The summed E-state index contributed by atoms with van der Waals surface area (Å²) in [4.78, 5) is 12.3. The van der Waals surface area contributed by atoms with Gasteiger partial charge in [0, 0.05) is 17.2 Å². The number of methoxy groups -OCH3 is 2. The van der Waals surface area contributed by atoms with Crippen LogP contribution in [0.1, 0.15) is 25.0 Å². The summed E-state index contributed by atoms with van der Waals surface area (Å²) in [6.07, 6.45) is 3.16. The Balaban J connectivity index is 2.11. The zero-order valence-corrected chi connectivity index (χ0v) is 17.6. The number of rotatable bonds is 8. The van der Waals surface area contributed by atoms with Crippen molar-refractivity contribution in [3.63, 3.8) is 0 Å². The molecule has 2 aromatic carbocycles. The van der Waals surface area contributed by atoms with Gasteiger partial charge in [-0.2, -0.15) is 0 Å². The molecule has 0 saturated heterocycles. The fourth-order valence-corrected chi connectivity index (χ4v) is 2.59. The van der Waals surface area contributed by atoms with Crippen molar-refractivity contribution in [2.24, 2.45) is 5.92 Å². The first kappa shape index (κ1) is 21.6. The normalized spacial score (nSPS) is 11.0. The number of ether oxygens (including phenoxy) is 3. The first-order valence-corrected chi connectivity index (χ1v) is 9.35. The molecular formula is C22H26ClNO4. The maximum atomic E-state index is 12.3. The molecule has 0 atom stereocenters. The summed E-state index contributed by atoms with van der Waals surface area (Å²) in [6, 6.07) is 8.99. The van der Waals surface area contributed by atoms with E-state index < -0.39 is 0 Å². The fourth-order valence-electron chi connectivity index (χ4n) is 2.44. The molecule has 6 heteroatoms. The summed E-state index contributed by atoms with van der Waals surface area (Å²) in [5.74, 6) is 1.95. The number of anilines is 1. The van der Waals surface area contributed by atoms with Crippen molar-refractivity contribution in [1.82, 2.24) is 0 Å². The van der Waals surface area contributed by atoms with Gasteiger partial charge in [-0.25, -0.2) is 0 Å². The highest BCUT2D eigenvalue weighted by Gasteiger charge is 2.09. The lowest BCUT2D eigenvalue weighted by atomic mass is 10.1. The molecule has 0 aliphatic heterocycles. The van der Waals surface area contributed by atoms with Crippen LogP contribution < -0.4 is 19.5 Å². The van der Waals surface area contributed by atoms with E-state index in [-0.39, 0.29) is 5.91 Å². The molecule has 0 bridgehead atoms. The van der Waals surface area contributed by atoms with Crippen LogP contribution in [-0.4, -0.2) is 26.7 Å². The van der Waals surface area contributed by atoms with Crippen molar-refractivity contribution in [2.75, 3.05) is 26.1 Å². The first-order valence-electron chi connectivity index (χ1n) is 8.98. The quantitative estimate of drug-likeness (QED) is 0.603. The zero-order chi connectivity index (χ0) is 20.7. The standard InChI is InChI=1S/C22H26ClNO4/c1-14(2)13-28-19-8-6-16(11-21(19)27-5)7-9-22(25)24-18-10-15(3)17(23)12-20(18)26-4/h6-12,14H,13H2,1-5H3,(H,24,25). The van der Waals surface area contributed by atoms with Crippen LogP contribution >= 0.6 is 11.6 Å². The molecule has 0 unspecified atom stereocenters. The highest BCUT2D eigenvalue weighted by Crippen LogP contribution is 2.31. The Morgan fingerprint density at radius 1 is 1.11 bits per heavy atom. The Kier molecular flexibility index (Phi) is 7.76. The Morgan fingerprint density at radius 2 is 1.82 bits per heavy atom. The summed E-state index contributed by atoms with van der Waals surface area (Å²) in [5.41, 5.74) is 2.24. The Labute approximate surface area is 171 Å². The molecule has 150 valence electrons. The minimum atomic E-state index is -0.279. The molecule has 0 aliphatic rings. The maximum absolute atomic E-state index is 12.3. The molecule has 2 aromatic rings. The highest BCUT2D eigenvalue weighted by molar-refractivity contribution is 6.31. The third kappa shape index (κ3) is 5.92. The van der Waals surface area contributed by atoms with Gasteiger partial charge in [-0.1, -0.05) is 31.5 Å². The minimum Gasteiger partial charge on any atom is -0.495 e. The van der Waals surface area contributed by atoms with Gasteiger partial charge < -0.3 is 19.5 Å². The molecule has 0 heterocycles. The maximum Gasteiger partial charge on any atom is 0.248 e. The molecule has 28 heavy (non-hydrogen) atoms. The number of hydrogen-bond donors (Lipinski definition) is 1. The smallest absolute Gasteiger partial charge is 0.248 e. The van der Waals surface area contributed by atoms with Crippen LogP contribution in [0, 0.1) is 12.8 Å². The first-order chi connectivity index (χ1) is 13.3. The van der Waals surface area contributed by atoms with E-state index >= 15 is 0 Å². The Morgan fingerprint density at radius 3 is 2.46 bits per heavy atom. The third-order valence-electron chi connectivity index (χ3n) is 3.93. The van der Waals surface area contributed by atoms with Gasteiger partial charge in [0.25, 0.3) is 0 Å². The predicted octanol–water partition coefficient (Wildman–Crippen LogP) is 5.35. The lowest BCUT2D eigenvalue weighted by Crippen LogP contribution is -2.09. The number of amides is 1. The van der Waals surface area contributed by atoms with Crippen LogP contribution in [0.4, 0.5) is 5.69 Å². The topological polar surface area (TPSA) is 56.8 Å². The second-order valence-electron chi connectivity index (χ2n) is 6.74. The fraction of sp³-hybridized carbons (Fsp3) is 0.318. The molecule has 0 fully saturated rings. The van der Waals surface area contributed by atoms with Crippen molar-refractivity contribution in [1.29, 1.82) is 0 Å². The molecule has 0 aromatic heterocycles. The second kappa shape index (κ2) is 10.0. The summed E-state index contributed by atoms with van der Waals surface area (Å²) in [6.45, 7) is 6.64. The van der Waals surface area contributed by atoms with E-state index in [1.165, 1.54) is 13.2 Å². The van der Waals surface area contributed by atoms with Crippen molar-refractivity contribution < 1.29 is 19.0 Å². The predicted molar refractivity (Wildman–Crippen MR) is 114 cm³/mol. The van der Waals surface area contributed by atoms with Crippen LogP contribution in [-0.2, 0) is 4.79 Å². The number of carbonyl (C=O) groups is 1. The van der Waals surface area contributed by atoms with E-state index in [0.29, 0.717) is 40.5 Å². The van der Waals surface area contributed by atoms with E-state index in [9.17, 15) is 4.79 Å². The molecule has 5 nitrogen and oxygen atoms in total. The number of carbonyl (C=O) groups excluding carboxylic acids is 1. The number of nitrogens with one attached hydrogen (secondary N) is 1. The van der Waals surface area contributed by atoms with E-state index in [2.05, 4.69) is 19.2 Å². The van der Waals surface area contributed by atoms with Gasteiger partial charge in [0.05, 0.1) is 26.5 Å². The summed E-state index contributed by atoms with van der Waals surface area (Å²) >= 11 is 6.09. The molecule has 2 rings (SSSR count). The number of halogens is 1. The van der Waals surface area contributed by atoms with E-state index in [1.54, 1.807) is 25.3 Å². The average molecular weight is 404 g/mol. The van der Waals surface area contributed by atoms with Gasteiger partial charge in [-0.15, -0.1) is 0 Å². The summed E-state index contributed by atoms with van der Waals surface area (Å²) in [5, 5.41) is 3.39. The lowest BCUT2D eigenvalue weighted by molar-refractivity contribution is -0.111. The molecule has 1 amide bonds. The van der Waals surface area contributed by atoms with Crippen LogP contribution in [0.3, 0.4) is 0 Å². The zero-order valence-electron chi connectivity index (χ0n) is 16.8. The molecular weight excluding hydrogens is 378 g/mol. The summed E-state index contributed by atoms with van der Waals surface area (Å²) in [7, 11) is 3.12. The summed E-state index contributed by atoms with van der Waals surface area (Å²) < 4.78 is 16.4. The largest absolute Gasteiger partial charge is 0.495 e. The van der Waals surface area contributed by atoms with E-state index in [0.717, 1.165) is 11.1 Å². The third-order valence-corrected chi connectivity index (χ3v) is 4.33. The van der Waals surface area contributed by atoms with Crippen molar-refractivity contribution in [3.05, 3.63) is 52.6 Å². The average Bonchev–Trinajstić information content (AvgIpc) is 2.67. The molecule has 1 N–H and O–H groups in total. The minimum absolute atomic E-state index is 0.279. The number of hydrogen-bond acceptors (Lipinski definition) is 4. The van der Waals surface area contributed by atoms with Crippen molar-refractivity contribution in [2.45, 2.75) is 20.8 Å². The van der Waals surface area contributed by atoms with E-state index in [4.69, 9.17) is 25.8 Å². The SMILES string of the molecule is COc1cc(Cl)c(C)cc1NC(=O)C=Cc1ccc(OCC(C)C)c(OC)c1. The van der Waals surface area contributed by atoms with Crippen LogP contribution in [0.25, 0.3) is 6.08 Å². The monoisotopic (exact) mass is 403 g/mol. The number of aryl methyl sites for hydroxylation is 1. The molecule has 0 radical (unpaired) electrons. The molecule has 0 saturated carbocycles. The van der Waals surface area contributed by atoms with Crippen molar-refractivity contribution >= 4 is 29.3 Å². The number of benzene rings is 2. The van der Waals surface area contributed by atoms with Crippen LogP contribution in [0.5, 0.6) is 17.2 Å². The second-order valence-corrected chi connectivity index (χ2v) is 7.15. The van der Waals surface area contributed by atoms with Crippen LogP contribution in [0.15, 0.2) is 36.4 Å². The van der Waals surface area contributed by atoms with Gasteiger partial charge in [0.2, 0.25) is 5.91 Å².